The van der Waals surface area contributed by atoms with Crippen LogP contribution in [-0.4, -0.2) is 45.2 Å². The third-order valence-electron chi connectivity index (χ3n) is 4.24. The molecule has 26 heavy (non-hydrogen) atoms. The van der Waals surface area contributed by atoms with E-state index >= 15 is 0 Å². The molecule has 1 atom stereocenters. The highest BCUT2D eigenvalue weighted by atomic mass is 19.1. The summed E-state index contributed by atoms with van der Waals surface area (Å²) in [5.74, 6) is 0.145. The molecule has 2 aromatic rings. The van der Waals surface area contributed by atoms with Crippen molar-refractivity contribution in [2.75, 3.05) is 18.5 Å². The summed E-state index contributed by atoms with van der Waals surface area (Å²) in [6.45, 7) is 3.14. The fraction of sp³-hybridized carbons (Fsp3) is 0.389. The topological polar surface area (TPSA) is 90.4 Å². The van der Waals surface area contributed by atoms with E-state index < -0.39 is 0 Å². The first-order valence-electron chi connectivity index (χ1n) is 8.54. The van der Waals surface area contributed by atoms with E-state index in [1.165, 1.54) is 12.1 Å². The lowest BCUT2D eigenvalue weighted by molar-refractivity contribution is 0.191. The summed E-state index contributed by atoms with van der Waals surface area (Å²) in [6, 6.07) is 5.71. The minimum atomic E-state index is -0.299. The minimum absolute atomic E-state index is 0.0155. The molecule has 1 aromatic carbocycles. The summed E-state index contributed by atoms with van der Waals surface area (Å²) in [5, 5.41) is 15.0. The Balaban J connectivity index is 1.60. The van der Waals surface area contributed by atoms with Crippen LogP contribution < -0.4 is 10.6 Å². The molecule has 3 rings (SSSR count). The highest BCUT2D eigenvalue weighted by molar-refractivity contribution is 5.74. The molecular weight excluding hydrogens is 337 g/mol. The molecule has 3 N–H and O–H groups in total. The number of nitrogens with one attached hydrogen (secondary N) is 2. The first-order valence-corrected chi connectivity index (χ1v) is 8.54. The number of rotatable bonds is 5. The number of amides is 2. The van der Waals surface area contributed by atoms with E-state index in [4.69, 9.17) is 5.11 Å². The molecule has 0 fully saturated rings. The van der Waals surface area contributed by atoms with Gasteiger partial charge in [0.1, 0.15) is 5.82 Å². The van der Waals surface area contributed by atoms with E-state index in [2.05, 4.69) is 20.6 Å². The SMILES string of the molecule is C[C@@H](CO)Nc1ncc2c(n1)CN(C(=O)NCc1ccc(F)cc1)CC2. The Morgan fingerprint density at radius 3 is 2.88 bits per heavy atom. The Bertz CT molecular complexity index is 769. The number of fused-ring (bicyclic) bond motifs is 1. The van der Waals surface area contributed by atoms with Crippen LogP contribution in [0.4, 0.5) is 15.1 Å². The summed E-state index contributed by atoms with van der Waals surface area (Å²) in [4.78, 5) is 22.8. The van der Waals surface area contributed by atoms with Gasteiger partial charge in [0.05, 0.1) is 18.8 Å². The number of anilines is 1. The van der Waals surface area contributed by atoms with Gasteiger partial charge >= 0.3 is 6.03 Å². The van der Waals surface area contributed by atoms with E-state index in [1.54, 1.807) is 23.2 Å². The summed E-state index contributed by atoms with van der Waals surface area (Å²) in [7, 11) is 0. The maximum Gasteiger partial charge on any atom is 0.318 e. The Hall–Kier alpha value is -2.74. The van der Waals surface area contributed by atoms with Gasteiger partial charge in [-0.2, -0.15) is 0 Å². The van der Waals surface area contributed by atoms with E-state index in [1.807, 2.05) is 6.92 Å². The highest BCUT2D eigenvalue weighted by Crippen LogP contribution is 2.18. The summed E-state index contributed by atoms with van der Waals surface area (Å²) in [5.41, 5.74) is 2.66. The summed E-state index contributed by atoms with van der Waals surface area (Å²) < 4.78 is 12.9. The third kappa shape index (κ3) is 4.45. The number of hydrogen-bond donors (Lipinski definition) is 3. The van der Waals surface area contributed by atoms with Crippen molar-refractivity contribution in [2.24, 2.45) is 0 Å². The van der Waals surface area contributed by atoms with Crippen LogP contribution in [0.25, 0.3) is 0 Å². The van der Waals surface area contributed by atoms with Crippen molar-refractivity contribution in [3.63, 3.8) is 0 Å². The largest absolute Gasteiger partial charge is 0.394 e. The molecule has 0 bridgehead atoms. The number of aliphatic hydroxyl groups excluding tert-OH is 1. The van der Waals surface area contributed by atoms with E-state index in [0.29, 0.717) is 32.0 Å². The number of halogens is 1. The second-order valence-electron chi connectivity index (χ2n) is 6.35. The molecule has 2 amide bonds. The van der Waals surface area contributed by atoms with Crippen molar-refractivity contribution < 1.29 is 14.3 Å². The minimum Gasteiger partial charge on any atom is -0.394 e. The van der Waals surface area contributed by atoms with E-state index in [9.17, 15) is 9.18 Å². The van der Waals surface area contributed by atoms with Gasteiger partial charge < -0.3 is 20.6 Å². The van der Waals surface area contributed by atoms with E-state index in [0.717, 1.165) is 16.8 Å². The standard InChI is InChI=1S/C18H22FN5O2/c1-12(11-25)22-17-20-9-14-6-7-24(10-16(14)23-17)18(26)21-8-13-2-4-15(19)5-3-13/h2-5,9,12,25H,6-8,10-11H2,1H3,(H,21,26)(H,20,22,23)/t12-/m0/s1. The molecular formula is C18H22FN5O2. The van der Waals surface area contributed by atoms with Gasteiger partial charge in [0.2, 0.25) is 5.95 Å². The average molecular weight is 359 g/mol. The maximum atomic E-state index is 12.9. The maximum absolute atomic E-state index is 12.9. The Kier molecular flexibility index (Phi) is 5.62. The van der Waals surface area contributed by atoms with Crippen molar-refractivity contribution >= 4 is 12.0 Å². The zero-order valence-electron chi connectivity index (χ0n) is 14.6. The number of benzene rings is 1. The number of hydrogen-bond acceptors (Lipinski definition) is 5. The number of carbonyl (C=O) groups is 1. The first kappa shape index (κ1) is 18.1. The Morgan fingerprint density at radius 2 is 2.15 bits per heavy atom. The second kappa shape index (κ2) is 8.09. The first-order chi connectivity index (χ1) is 12.5. The molecule has 0 saturated carbocycles. The van der Waals surface area contributed by atoms with Crippen LogP contribution in [0.2, 0.25) is 0 Å². The summed E-state index contributed by atoms with van der Waals surface area (Å²) >= 11 is 0. The molecule has 138 valence electrons. The lowest BCUT2D eigenvalue weighted by Gasteiger charge is -2.28. The van der Waals surface area contributed by atoms with Gasteiger partial charge in [-0.15, -0.1) is 0 Å². The molecule has 0 radical (unpaired) electrons. The molecule has 1 aromatic heterocycles. The van der Waals surface area contributed by atoms with Gasteiger partial charge in [0, 0.05) is 25.3 Å². The van der Waals surface area contributed by atoms with Crippen molar-refractivity contribution in [3.05, 3.63) is 53.1 Å². The molecule has 2 heterocycles. The van der Waals surface area contributed by atoms with Gasteiger partial charge in [-0.1, -0.05) is 12.1 Å². The predicted octanol–water partition coefficient (Wildman–Crippen LogP) is 1.68. The smallest absolute Gasteiger partial charge is 0.318 e. The monoisotopic (exact) mass is 359 g/mol. The molecule has 0 unspecified atom stereocenters. The van der Waals surface area contributed by atoms with E-state index in [-0.39, 0.29) is 24.5 Å². The zero-order chi connectivity index (χ0) is 18.5. The van der Waals surface area contributed by atoms with Crippen molar-refractivity contribution in [2.45, 2.75) is 32.5 Å². The van der Waals surface area contributed by atoms with Crippen molar-refractivity contribution in [1.29, 1.82) is 0 Å². The normalized spacial score (nSPS) is 14.5. The molecule has 7 nitrogen and oxygen atoms in total. The third-order valence-corrected chi connectivity index (χ3v) is 4.24. The van der Waals surface area contributed by atoms with Crippen molar-refractivity contribution in [1.82, 2.24) is 20.2 Å². The molecule has 0 saturated heterocycles. The second-order valence-corrected chi connectivity index (χ2v) is 6.35. The lowest BCUT2D eigenvalue weighted by atomic mass is 10.1. The average Bonchev–Trinajstić information content (AvgIpc) is 2.66. The highest BCUT2D eigenvalue weighted by Gasteiger charge is 2.22. The molecule has 1 aliphatic rings. The number of nitrogens with zero attached hydrogens (tertiary/aromatic N) is 3. The van der Waals surface area contributed by atoms with Crippen LogP contribution in [0.5, 0.6) is 0 Å². The van der Waals surface area contributed by atoms with Gasteiger partial charge in [-0.25, -0.2) is 19.2 Å². The number of aromatic nitrogens is 2. The lowest BCUT2D eigenvalue weighted by Crippen LogP contribution is -2.42. The fourth-order valence-corrected chi connectivity index (χ4v) is 2.70. The quantitative estimate of drug-likeness (QED) is 0.756. The molecule has 1 aliphatic heterocycles. The number of aliphatic hydroxyl groups is 1. The fourth-order valence-electron chi connectivity index (χ4n) is 2.70. The van der Waals surface area contributed by atoms with Crippen LogP contribution in [0.3, 0.4) is 0 Å². The van der Waals surface area contributed by atoms with Crippen LogP contribution in [-0.2, 0) is 19.5 Å². The number of urea groups is 1. The Labute approximate surface area is 151 Å². The number of carbonyl (C=O) groups excluding carboxylic acids is 1. The van der Waals surface area contributed by atoms with Crippen LogP contribution in [0.1, 0.15) is 23.7 Å². The van der Waals surface area contributed by atoms with Crippen molar-refractivity contribution in [3.8, 4) is 0 Å². The Morgan fingerprint density at radius 1 is 1.38 bits per heavy atom. The zero-order valence-corrected chi connectivity index (χ0v) is 14.6. The molecule has 0 aliphatic carbocycles. The van der Waals surface area contributed by atoms with Crippen LogP contribution >= 0.6 is 0 Å². The van der Waals surface area contributed by atoms with Gasteiger partial charge in [-0.05, 0) is 36.6 Å². The molecule has 0 spiro atoms. The van der Waals surface area contributed by atoms with Gasteiger partial charge in [0.25, 0.3) is 0 Å². The van der Waals surface area contributed by atoms with Crippen LogP contribution in [0, 0.1) is 5.82 Å². The van der Waals surface area contributed by atoms with Gasteiger partial charge in [-0.3, -0.25) is 0 Å². The molecule has 8 heteroatoms. The van der Waals surface area contributed by atoms with Gasteiger partial charge in [0.15, 0.2) is 0 Å². The van der Waals surface area contributed by atoms with Crippen LogP contribution in [0.15, 0.2) is 30.5 Å². The predicted molar refractivity (Wildman–Crippen MR) is 95.0 cm³/mol. The summed E-state index contributed by atoms with van der Waals surface area (Å²) in [6.07, 6.45) is 2.46.